The van der Waals surface area contributed by atoms with E-state index in [-0.39, 0.29) is 18.2 Å². The van der Waals surface area contributed by atoms with Crippen molar-refractivity contribution in [2.45, 2.75) is 20.0 Å². The van der Waals surface area contributed by atoms with Crippen molar-refractivity contribution < 1.29 is 28.7 Å². The van der Waals surface area contributed by atoms with Crippen molar-refractivity contribution >= 4 is 29.8 Å². The minimum absolute atomic E-state index is 0.197. The summed E-state index contributed by atoms with van der Waals surface area (Å²) < 4.78 is 10.3. The fourth-order valence-corrected chi connectivity index (χ4v) is 2.57. The molecule has 0 saturated carbocycles. The number of esters is 1. The molecule has 0 radical (unpaired) electrons. The first-order valence-corrected chi connectivity index (χ1v) is 9.28. The predicted octanol–water partition coefficient (Wildman–Crippen LogP) is 2.22. The molecule has 2 amide bonds. The molecule has 0 aliphatic carbocycles. The van der Waals surface area contributed by atoms with Gasteiger partial charge in [0, 0.05) is 12.7 Å². The summed E-state index contributed by atoms with van der Waals surface area (Å²) in [5, 5.41) is 2.69. The summed E-state index contributed by atoms with van der Waals surface area (Å²) in [7, 11) is 1.44. The van der Waals surface area contributed by atoms with Gasteiger partial charge in [0.25, 0.3) is 5.91 Å². The van der Waals surface area contributed by atoms with E-state index in [1.807, 2.05) is 19.1 Å². The van der Waals surface area contributed by atoms with Crippen LogP contribution < -0.4 is 10.1 Å². The number of carbonyl (C=O) groups excluding carboxylic acids is 4. The Kier molecular flexibility index (Phi) is 8.10. The molecule has 2 aromatic rings. The fourth-order valence-electron chi connectivity index (χ4n) is 2.57. The first kappa shape index (κ1) is 22.6. The van der Waals surface area contributed by atoms with Gasteiger partial charge in [0.2, 0.25) is 5.91 Å². The molecule has 0 aliphatic heterocycles. The second kappa shape index (κ2) is 10.8. The number of anilines is 1. The number of nitrogens with one attached hydrogen (secondary N) is 1. The highest BCUT2D eigenvalue weighted by atomic mass is 16.6. The monoisotopic (exact) mass is 412 g/mol. The smallest absolute Gasteiger partial charge is 0.344 e. The van der Waals surface area contributed by atoms with Crippen LogP contribution in [0.25, 0.3) is 0 Å². The van der Waals surface area contributed by atoms with Crippen LogP contribution in [-0.2, 0) is 19.1 Å². The highest BCUT2D eigenvalue weighted by molar-refractivity contribution is 5.95. The third-order valence-electron chi connectivity index (χ3n) is 4.14. The van der Waals surface area contributed by atoms with E-state index in [0.29, 0.717) is 17.5 Å². The number of hydrogen-bond acceptors (Lipinski definition) is 6. The van der Waals surface area contributed by atoms with E-state index in [1.54, 1.807) is 36.4 Å². The number of rotatable bonds is 9. The third kappa shape index (κ3) is 6.73. The normalized spacial score (nSPS) is 11.2. The molecule has 0 aliphatic rings. The number of ether oxygens (including phenoxy) is 2. The molecule has 2 aromatic carbocycles. The van der Waals surface area contributed by atoms with Crippen LogP contribution in [-0.4, -0.2) is 55.3 Å². The van der Waals surface area contributed by atoms with E-state index < -0.39 is 24.6 Å². The summed E-state index contributed by atoms with van der Waals surface area (Å²) in [6.07, 6.45) is -0.483. The molecule has 1 atom stereocenters. The van der Waals surface area contributed by atoms with Gasteiger partial charge in [0.05, 0.1) is 12.1 Å². The van der Waals surface area contributed by atoms with Crippen LogP contribution in [0.2, 0.25) is 0 Å². The van der Waals surface area contributed by atoms with E-state index in [0.717, 1.165) is 5.56 Å². The topological polar surface area (TPSA) is 102 Å². The van der Waals surface area contributed by atoms with Gasteiger partial charge in [-0.25, -0.2) is 4.79 Å². The Morgan fingerprint density at radius 1 is 1.10 bits per heavy atom. The van der Waals surface area contributed by atoms with Crippen molar-refractivity contribution in [3.63, 3.8) is 0 Å². The molecule has 0 aromatic heterocycles. The summed E-state index contributed by atoms with van der Waals surface area (Å²) in [4.78, 5) is 48.6. The second-order valence-electron chi connectivity index (χ2n) is 6.68. The number of aryl methyl sites for hydroxylation is 1. The van der Waals surface area contributed by atoms with Crippen LogP contribution in [0.1, 0.15) is 22.8 Å². The zero-order chi connectivity index (χ0) is 22.1. The summed E-state index contributed by atoms with van der Waals surface area (Å²) in [6.45, 7) is 2.69. The molecule has 8 nitrogen and oxygen atoms in total. The van der Waals surface area contributed by atoms with Crippen molar-refractivity contribution in [1.29, 1.82) is 0 Å². The maximum atomic E-state index is 12.4. The lowest BCUT2D eigenvalue weighted by molar-refractivity contribution is -0.160. The summed E-state index contributed by atoms with van der Waals surface area (Å²) in [6, 6.07) is 13.7. The van der Waals surface area contributed by atoms with Crippen molar-refractivity contribution in [1.82, 2.24) is 4.90 Å². The number of amides is 2. The number of likely N-dealkylation sites (N-methyl/N-ethyl adjacent to an activating group) is 1. The van der Waals surface area contributed by atoms with Crippen LogP contribution >= 0.6 is 0 Å². The molecule has 0 spiro atoms. The standard InChI is InChI=1S/C22H24N2O6/c1-15-8-10-18(11-9-15)23-20(26)12-24(3)22(28)16(2)30-21(27)14-29-19-7-5-4-6-17(19)13-25/h4-11,13,16H,12,14H2,1-3H3,(H,23,26)/t16-/m0/s1. The molecule has 8 heteroatoms. The minimum Gasteiger partial charge on any atom is -0.481 e. The first-order valence-electron chi connectivity index (χ1n) is 9.28. The number of benzene rings is 2. The van der Waals surface area contributed by atoms with Gasteiger partial charge < -0.3 is 19.7 Å². The van der Waals surface area contributed by atoms with Crippen LogP contribution in [0.15, 0.2) is 48.5 Å². The van der Waals surface area contributed by atoms with Gasteiger partial charge in [0.1, 0.15) is 5.75 Å². The Hall–Kier alpha value is -3.68. The number of hydrogen-bond donors (Lipinski definition) is 1. The molecular weight excluding hydrogens is 388 g/mol. The van der Waals surface area contributed by atoms with Crippen molar-refractivity contribution in [3.8, 4) is 5.75 Å². The predicted molar refractivity (Wildman–Crippen MR) is 110 cm³/mol. The van der Waals surface area contributed by atoms with Gasteiger partial charge >= 0.3 is 5.97 Å². The lowest BCUT2D eigenvalue weighted by Gasteiger charge is -2.21. The summed E-state index contributed by atoms with van der Waals surface area (Å²) >= 11 is 0. The largest absolute Gasteiger partial charge is 0.481 e. The lowest BCUT2D eigenvalue weighted by Crippen LogP contribution is -2.42. The van der Waals surface area contributed by atoms with Crippen LogP contribution in [0, 0.1) is 6.92 Å². The minimum atomic E-state index is -1.10. The molecule has 1 N–H and O–H groups in total. The number of para-hydroxylation sites is 1. The molecular formula is C22H24N2O6. The molecule has 0 fully saturated rings. The zero-order valence-corrected chi connectivity index (χ0v) is 17.1. The third-order valence-corrected chi connectivity index (χ3v) is 4.14. The molecule has 0 heterocycles. The maximum Gasteiger partial charge on any atom is 0.344 e. The Balaban J connectivity index is 1.80. The second-order valence-corrected chi connectivity index (χ2v) is 6.68. The number of nitrogens with zero attached hydrogens (tertiary/aromatic N) is 1. The van der Waals surface area contributed by atoms with Crippen molar-refractivity contribution in [2.75, 3.05) is 25.5 Å². The molecule has 2 rings (SSSR count). The molecule has 158 valence electrons. The molecule has 30 heavy (non-hydrogen) atoms. The Bertz CT molecular complexity index is 910. The Morgan fingerprint density at radius 2 is 1.77 bits per heavy atom. The zero-order valence-electron chi connectivity index (χ0n) is 17.1. The lowest BCUT2D eigenvalue weighted by atomic mass is 10.2. The van der Waals surface area contributed by atoms with Crippen LogP contribution in [0.4, 0.5) is 5.69 Å². The Morgan fingerprint density at radius 3 is 2.43 bits per heavy atom. The van der Waals surface area contributed by atoms with Crippen molar-refractivity contribution in [2.24, 2.45) is 0 Å². The average Bonchev–Trinajstić information content (AvgIpc) is 2.73. The Labute approximate surface area is 174 Å². The van der Waals surface area contributed by atoms with Crippen LogP contribution in [0.5, 0.6) is 5.75 Å². The first-order chi connectivity index (χ1) is 14.3. The van der Waals surface area contributed by atoms with Gasteiger partial charge in [-0.3, -0.25) is 14.4 Å². The van der Waals surface area contributed by atoms with Crippen LogP contribution in [0.3, 0.4) is 0 Å². The van der Waals surface area contributed by atoms with Gasteiger partial charge in [-0.1, -0.05) is 29.8 Å². The maximum absolute atomic E-state index is 12.4. The van der Waals surface area contributed by atoms with E-state index in [2.05, 4.69) is 5.32 Å². The van der Waals surface area contributed by atoms with Gasteiger partial charge in [0.15, 0.2) is 19.0 Å². The van der Waals surface area contributed by atoms with Crippen molar-refractivity contribution in [3.05, 3.63) is 59.7 Å². The van der Waals surface area contributed by atoms with Gasteiger partial charge in [-0.15, -0.1) is 0 Å². The highest BCUT2D eigenvalue weighted by Gasteiger charge is 2.23. The molecule has 0 bridgehead atoms. The fraction of sp³-hybridized carbons (Fsp3) is 0.273. The van der Waals surface area contributed by atoms with E-state index >= 15 is 0 Å². The van der Waals surface area contributed by atoms with E-state index in [4.69, 9.17) is 9.47 Å². The average molecular weight is 412 g/mol. The number of aldehydes is 1. The van der Waals surface area contributed by atoms with Gasteiger partial charge in [-0.2, -0.15) is 0 Å². The molecule has 0 saturated heterocycles. The summed E-state index contributed by atoms with van der Waals surface area (Å²) in [5.41, 5.74) is 1.99. The molecule has 0 unspecified atom stereocenters. The van der Waals surface area contributed by atoms with E-state index in [9.17, 15) is 19.2 Å². The van der Waals surface area contributed by atoms with Gasteiger partial charge in [-0.05, 0) is 38.1 Å². The quantitative estimate of drug-likeness (QED) is 0.501. The van der Waals surface area contributed by atoms with E-state index in [1.165, 1.54) is 18.9 Å². The summed E-state index contributed by atoms with van der Waals surface area (Å²) in [5.74, 6) is -1.43. The highest BCUT2D eigenvalue weighted by Crippen LogP contribution is 2.15. The SMILES string of the molecule is Cc1ccc(NC(=O)CN(C)C(=O)[C@H](C)OC(=O)COc2ccccc2C=O)cc1. The number of carbonyl (C=O) groups is 4.